The molecular formula is C14H22N4O2. The van der Waals surface area contributed by atoms with E-state index in [-0.39, 0.29) is 16.9 Å². The fourth-order valence-electron chi connectivity index (χ4n) is 2.91. The molecule has 0 atom stereocenters. The maximum absolute atomic E-state index is 10.7. The summed E-state index contributed by atoms with van der Waals surface area (Å²) in [4.78, 5) is 12.6. The van der Waals surface area contributed by atoms with E-state index >= 15 is 0 Å². The Morgan fingerprint density at radius 2 is 2.05 bits per heavy atom. The summed E-state index contributed by atoms with van der Waals surface area (Å²) >= 11 is 0. The van der Waals surface area contributed by atoms with Gasteiger partial charge in [-0.25, -0.2) is 0 Å². The summed E-state index contributed by atoms with van der Waals surface area (Å²) in [6, 6.07) is 4.80. The van der Waals surface area contributed by atoms with Gasteiger partial charge in [0.1, 0.15) is 5.69 Å². The zero-order valence-electron chi connectivity index (χ0n) is 12.1. The number of nitrogens with one attached hydrogen (secondary N) is 1. The Morgan fingerprint density at radius 1 is 1.40 bits per heavy atom. The third-order valence-corrected chi connectivity index (χ3v) is 4.33. The number of hydrogen-bond donors (Lipinski definition) is 2. The summed E-state index contributed by atoms with van der Waals surface area (Å²) in [7, 11) is 4.22. The van der Waals surface area contributed by atoms with Crippen LogP contribution in [0.5, 0.6) is 0 Å². The summed E-state index contributed by atoms with van der Waals surface area (Å²) in [5, 5.41) is 14.1. The Morgan fingerprint density at radius 3 is 2.55 bits per heavy atom. The van der Waals surface area contributed by atoms with E-state index in [1.54, 1.807) is 12.1 Å². The van der Waals surface area contributed by atoms with Gasteiger partial charge in [0.05, 0.1) is 4.92 Å². The zero-order valence-corrected chi connectivity index (χ0v) is 12.1. The first-order chi connectivity index (χ1) is 9.44. The van der Waals surface area contributed by atoms with Crippen molar-refractivity contribution >= 4 is 17.1 Å². The average Bonchev–Trinajstić information content (AvgIpc) is 2.86. The van der Waals surface area contributed by atoms with Crippen molar-refractivity contribution in [2.24, 2.45) is 0 Å². The predicted molar refractivity (Wildman–Crippen MR) is 80.9 cm³/mol. The van der Waals surface area contributed by atoms with Crippen molar-refractivity contribution in [1.29, 1.82) is 0 Å². The molecule has 0 spiro atoms. The summed E-state index contributed by atoms with van der Waals surface area (Å²) in [6.07, 6.45) is 4.86. The molecule has 1 aliphatic carbocycles. The molecule has 0 saturated heterocycles. The summed E-state index contributed by atoms with van der Waals surface area (Å²) < 4.78 is 0. The number of nitro groups is 1. The molecule has 1 fully saturated rings. The lowest BCUT2D eigenvalue weighted by molar-refractivity contribution is -0.383. The van der Waals surface area contributed by atoms with Gasteiger partial charge in [-0.05, 0) is 39.1 Å². The molecule has 0 bridgehead atoms. The van der Waals surface area contributed by atoms with Crippen molar-refractivity contribution in [3.8, 4) is 0 Å². The molecule has 2 rings (SSSR count). The lowest BCUT2D eigenvalue weighted by atomic mass is 9.96. The Bertz CT molecular complexity index is 496. The molecule has 6 heteroatoms. The number of hydrogen-bond acceptors (Lipinski definition) is 5. The fourth-order valence-corrected chi connectivity index (χ4v) is 2.91. The van der Waals surface area contributed by atoms with E-state index in [0.29, 0.717) is 0 Å². The lowest BCUT2D eigenvalue weighted by Gasteiger charge is -2.36. The van der Waals surface area contributed by atoms with Crippen molar-refractivity contribution in [2.75, 3.05) is 31.7 Å². The van der Waals surface area contributed by atoms with E-state index in [1.807, 2.05) is 0 Å². The van der Waals surface area contributed by atoms with Crippen molar-refractivity contribution in [3.63, 3.8) is 0 Å². The topological polar surface area (TPSA) is 84.4 Å². The quantitative estimate of drug-likeness (QED) is 0.491. The Kier molecular flexibility index (Phi) is 4.13. The first-order valence-electron chi connectivity index (χ1n) is 6.90. The highest BCUT2D eigenvalue weighted by molar-refractivity contribution is 5.65. The normalized spacial score (nSPS) is 17.4. The van der Waals surface area contributed by atoms with E-state index in [1.165, 1.54) is 31.7 Å². The minimum atomic E-state index is -0.461. The standard InChI is InChI=1S/C14H22N4O2/c1-17(2)14(7-3-4-8-14)10-16-11-5-6-13(18(19)20)12(15)9-11/h5-6,9,16H,3-4,7-8,10,15H2,1-2H3. The van der Waals surface area contributed by atoms with Crippen molar-refractivity contribution < 1.29 is 4.92 Å². The van der Waals surface area contributed by atoms with Gasteiger partial charge in [0.15, 0.2) is 0 Å². The molecule has 0 amide bonds. The van der Waals surface area contributed by atoms with E-state index in [4.69, 9.17) is 5.73 Å². The van der Waals surface area contributed by atoms with Gasteiger partial charge in [0.25, 0.3) is 5.69 Å². The van der Waals surface area contributed by atoms with Gasteiger partial charge in [-0.15, -0.1) is 0 Å². The highest BCUT2D eigenvalue weighted by atomic mass is 16.6. The molecule has 110 valence electrons. The third-order valence-electron chi connectivity index (χ3n) is 4.33. The van der Waals surface area contributed by atoms with Crippen LogP contribution in [-0.4, -0.2) is 36.0 Å². The first-order valence-corrected chi connectivity index (χ1v) is 6.90. The molecule has 1 saturated carbocycles. The van der Waals surface area contributed by atoms with Gasteiger partial charge in [0, 0.05) is 23.8 Å². The molecule has 0 heterocycles. The largest absolute Gasteiger partial charge is 0.393 e. The van der Waals surface area contributed by atoms with E-state index < -0.39 is 4.92 Å². The SMILES string of the molecule is CN(C)C1(CNc2ccc([N+](=O)[O-])c(N)c2)CCCC1. The highest BCUT2D eigenvalue weighted by Gasteiger charge is 2.35. The van der Waals surface area contributed by atoms with E-state index in [0.717, 1.165) is 12.2 Å². The number of nitrogens with two attached hydrogens (primary N) is 1. The van der Waals surface area contributed by atoms with Gasteiger partial charge in [-0.2, -0.15) is 0 Å². The van der Waals surface area contributed by atoms with Crippen LogP contribution in [0.15, 0.2) is 18.2 Å². The van der Waals surface area contributed by atoms with E-state index in [9.17, 15) is 10.1 Å². The maximum Gasteiger partial charge on any atom is 0.292 e. The highest BCUT2D eigenvalue weighted by Crippen LogP contribution is 2.34. The number of likely N-dealkylation sites (N-methyl/N-ethyl adjacent to an activating group) is 1. The predicted octanol–water partition coefficient (Wildman–Crippen LogP) is 2.46. The van der Waals surface area contributed by atoms with Crippen LogP contribution in [0, 0.1) is 10.1 Å². The number of rotatable bonds is 5. The minimum Gasteiger partial charge on any atom is -0.393 e. The molecule has 1 aliphatic rings. The van der Waals surface area contributed by atoms with Crippen LogP contribution < -0.4 is 11.1 Å². The Balaban J connectivity index is 2.07. The van der Waals surface area contributed by atoms with Crippen LogP contribution >= 0.6 is 0 Å². The fraction of sp³-hybridized carbons (Fsp3) is 0.571. The van der Waals surface area contributed by atoms with E-state index in [2.05, 4.69) is 24.3 Å². The van der Waals surface area contributed by atoms with Crippen molar-refractivity contribution in [1.82, 2.24) is 4.90 Å². The number of benzene rings is 1. The molecule has 6 nitrogen and oxygen atoms in total. The molecular weight excluding hydrogens is 256 g/mol. The zero-order chi connectivity index (χ0) is 14.8. The Hall–Kier alpha value is -1.82. The van der Waals surface area contributed by atoms with Crippen molar-refractivity contribution in [3.05, 3.63) is 28.3 Å². The van der Waals surface area contributed by atoms with Gasteiger partial charge >= 0.3 is 0 Å². The monoisotopic (exact) mass is 278 g/mol. The average molecular weight is 278 g/mol. The van der Waals surface area contributed by atoms with Crippen molar-refractivity contribution in [2.45, 2.75) is 31.2 Å². The molecule has 0 radical (unpaired) electrons. The number of nitrogen functional groups attached to an aromatic ring is 1. The Labute approximate surface area is 119 Å². The molecule has 3 N–H and O–H groups in total. The third kappa shape index (κ3) is 2.85. The first kappa shape index (κ1) is 14.6. The summed E-state index contributed by atoms with van der Waals surface area (Å²) in [5.74, 6) is 0. The second-order valence-corrected chi connectivity index (χ2v) is 5.71. The van der Waals surface area contributed by atoms with Gasteiger partial charge in [0.2, 0.25) is 0 Å². The second-order valence-electron chi connectivity index (χ2n) is 5.71. The van der Waals surface area contributed by atoms with Gasteiger partial charge < -0.3 is 16.0 Å². The number of nitro benzene ring substituents is 1. The summed E-state index contributed by atoms with van der Waals surface area (Å²) in [6.45, 7) is 0.831. The summed E-state index contributed by atoms with van der Waals surface area (Å²) in [5.41, 5.74) is 6.87. The van der Waals surface area contributed by atoms with Crippen LogP contribution in [0.2, 0.25) is 0 Å². The van der Waals surface area contributed by atoms with Crippen LogP contribution in [0.4, 0.5) is 17.1 Å². The van der Waals surface area contributed by atoms with Gasteiger partial charge in [-0.3, -0.25) is 10.1 Å². The van der Waals surface area contributed by atoms with Crippen LogP contribution in [0.25, 0.3) is 0 Å². The molecule has 0 unspecified atom stereocenters. The van der Waals surface area contributed by atoms with Gasteiger partial charge in [-0.1, -0.05) is 12.8 Å². The molecule has 0 aliphatic heterocycles. The van der Waals surface area contributed by atoms with Crippen LogP contribution in [0.1, 0.15) is 25.7 Å². The van der Waals surface area contributed by atoms with Crippen LogP contribution in [0.3, 0.4) is 0 Å². The number of anilines is 2. The maximum atomic E-state index is 10.7. The molecule has 1 aromatic rings. The molecule has 0 aromatic heterocycles. The lowest BCUT2D eigenvalue weighted by Crippen LogP contribution is -2.47. The smallest absolute Gasteiger partial charge is 0.292 e. The van der Waals surface area contributed by atoms with Crippen LogP contribution in [-0.2, 0) is 0 Å². The minimum absolute atomic E-state index is 0.0428. The second kappa shape index (κ2) is 5.66. The molecule has 1 aromatic carbocycles. The molecule has 20 heavy (non-hydrogen) atoms. The number of nitrogens with zero attached hydrogens (tertiary/aromatic N) is 2.